The number of aromatic amines is 1. The van der Waals surface area contributed by atoms with Gasteiger partial charge in [0.2, 0.25) is 17.7 Å². The minimum absolute atomic E-state index is 0. The zero-order valence-corrected chi connectivity index (χ0v) is 11.9. The van der Waals surface area contributed by atoms with E-state index >= 15 is 0 Å². The fourth-order valence-electron chi connectivity index (χ4n) is 1.61. The number of hydrogen-bond donors (Lipinski definition) is 3. The highest BCUT2D eigenvalue weighted by Crippen LogP contribution is 2.26. The maximum atomic E-state index is 12.3. The summed E-state index contributed by atoms with van der Waals surface area (Å²) < 4.78 is 36.9. The smallest absolute Gasteiger partial charge is 0.320 e. The Balaban J connectivity index is 0.00000242. The Morgan fingerprint density at radius 3 is 2.50 bits per heavy atom. The van der Waals surface area contributed by atoms with Gasteiger partial charge in [-0.05, 0) is 12.0 Å². The largest absolute Gasteiger partial charge is 0.451 e. The molecule has 2 aromatic rings. The molecule has 0 saturated carbocycles. The molecule has 4 N–H and O–H groups in total. The van der Waals surface area contributed by atoms with Gasteiger partial charge < -0.3 is 5.73 Å². The van der Waals surface area contributed by atoms with Crippen molar-refractivity contribution in [2.24, 2.45) is 5.73 Å². The van der Waals surface area contributed by atoms with Gasteiger partial charge in [-0.15, -0.1) is 17.5 Å². The molecule has 0 aliphatic carbocycles. The third-order valence-corrected chi connectivity index (χ3v) is 2.62. The quantitative estimate of drug-likeness (QED) is 0.793. The molecule has 1 heterocycles. The summed E-state index contributed by atoms with van der Waals surface area (Å²) >= 11 is 0. The molecule has 0 aliphatic rings. The minimum Gasteiger partial charge on any atom is -0.320 e. The number of carbonyl (C=O) groups excluding carboxylic acids is 1. The Hall–Kier alpha value is -2.13. The predicted octanol–water partition coefficient (Wildman–Crippen LogP) is 1.75. The minimum atomic E-state index is -4.65. The second kappa shape index (κ2) is 7.23. The molecular weight excluding hydrogens is 323 g/mol. The number of hydrogen-bond acceptors (Lipinski definition) is 4. The van der Waals surface area contributed by atoms with Gasteiger partial charge in [-0.25, -0.2) is 0 Å². The summed E-state index contributed by atoms with van der Waals surface area (Å²) in [6.07, 6.45) is -4.40. The molecule has 1 aromatic carbocycles. The van der Waals surface area contributed by atoms with Crippen LogP contribution in [0.1, 0.15) is 11.4 Å². The first-order valence-electron chi connectivity index (χ1n) is 5.96. The van der Waals surface area contributed by atoms with E-state index < -0.39 is 29.9 Å². The summed E-state index contributed by atoms with van der Waals surface area (Å²) in [5.41, 5.74) is 6.53. The van der Waals surface area contributed by atoms with Gasteiger partial charge in [-0.2, -0.15) is 18.2 Å². The number of aromatic nitrogens is 3. The Morgan fingerprint density at radius 2 is 1.95 bits per heavy atom. The number of rotatable bonds is 4. The van der Waals surface area contributed by atoms with E-state index in [1.165, 1.54) is 0 Å². The number of benzene rings is 1. The standard InChI is InChI=1S/C12H12F3N5O.ClH/c13-12(14,15)10-18-11(20-19-10)17-9(21)8(16)6-7-4-2-1-3-5-7;/h1-5,8H,6,16H2,(H2,17,18,19,20,21);1H. The van der Waals surface area contributed by atoms with Gasteiger partial charge in [-0.3, -0.25) is 15.2 Å². The first-order valence-corrected chi connectivity index (χ1v) is 5.96. The van der Waals surface area contributed by atoms with Crippen molar-refractivity contribution in [1.82, 2.24) is 15.2 Å². The van der Waals surface area contributed by atoms with Gasteiger partial charge in [-0.1, -0.05) is 30.3 Å². The maximum absolute atomic E-state index is 12.3. The second-order valence-electron chi connectivity index (χ2n) is 4.29. The average molecular weight is 336 g/mol. The van der Waals surface area contributed by atoms with Crippen LogP contribution in [0.3, 0.4) is 0 Å². The van der Waals surface area contributed by atoms with Crippen LogP contribution in [0.5, 0.6) is 0 Å². The van der Waals surface area contributed by atoms with Crippen LogP contribution in [0.25, 0.3) is 0 Å². The lowest BCUT2D eigenvalue weighted by Gasteiger charge is -2.10. The molecule has 22 heavy (non-hydrogen) atoms. The number of nitrogens with one attached hydrogen (secondary N) is 2. The second-order valence-corrected chi connectivity index (χ2v) is 4.29. The van der Waals surface area contributed by atoms with Crippen molar-refractivity contribution in [3.8, 4) is 0 Å². The normalized spacial score (nSPS) is 12.4. The molecule has 120 valence electrons. The van der Waals surface area contributed by atoms with E-state index in [-0.39, 0.29) is 18.8 Å². The first kappa shape index (κ1) is 17.9. The molecule has 0 radical (unpaired) electrons. The summed E-state index contributed by atoms with van der Waals surface area (Å²) in [4.78, 5) is 14.9. The van der Waals surface area contributed by atoms with Crippen LogP contribution in [-0.4, -0.2) is 27.1 Å². The number of carbonyl (C=O) groups is 1. The lowest BCUT2D eigenvalue weighted by molar-refractivity contribution is -0.144. The fraction of sp³-hybridized carbons (Fsp3) is 0.250. The third-order valence-electron chi connectivity index (χ3n) is 2.62. The van der Waals surface area contributed by atoms with Crippen LogP contribution in [0.4, 0.5) is 19.1 Å². The highest BCUT2D eigenvalue weighted by atomic mass is 35.5. The molecule has 1 aromatic heterocycles. The van der Waals surface area contributed by atoms with E-state index in [9.17, 15) is 18.0 Å². The zero-order chi connectivity index (χ0) is 15.5. The number of alkyl halides is 3. The zero-order valence-electron chi connectivity index (χ0n) is 11.1. The molecule has 0 saturated heterocycles. The molecule has 2 rings (SSSR count). The number of halogens is 4. The number of H-pyrrole nitrogens is 1. The molecule has 10 heteroatoms. The molecule has 1 atom stereocenters. The topological polar surface area (TPSA) is 96.7 Å². The molecule has 1 unspecified atom stereocenters. The number of anilines is 1. The molecular formula is C12H13ClF3N5O. The van der Waals surface area contributed by atoms with Crippen LogP contribution >= 0.6 is 12.4 Å². The van der Waals surface area contributed by atoms with Gasteiger partial charge in [0, 0.05) is 0 Å². The van der Waals surface area contributed by atoms with Gasteiger partial charge in [0.15, 0.2) is 0 Å². The van der Waals surface area contributed by atoms with Crippen LogP contribution in [0.2, 0.25) is 0 Å². The van der Waals surface area contributed by atoms with Crippen molar-refractivity contribution in [2.45, 2.75) is 18.6 Å². The highest BCUT2D eigenvalue weighted by molar-refractivity contribution is 5.93. The van der Waals surface area contributed by atoms with E-state index in [0.29, 0.717) is 0 Å². The average Bonchev–Trinajstić information content (AvgIpc) is 2.88. The lowest BCUT2D eigenvalue weighted by Crippen LogP contribution is -2.37. The summed E-state index contributed by atoms with van der Waals surface area (Å²) in [5, 5.41) is 7.10. The molecule has 0 aliphatic heterocycles. The Morgan fingerprint density at radius 1 is 1.32 bits per heavy atom. The lowest BCUT2D eigenvalue weighted by atomic mass is 10.1. The molecule has 0 bridgehead atoms. The monoisotopic (exact) mass is 335 g/mol. The van der Waals surface area contributed by atoms with E-state index in [1.807, 2.05) is 6.07 Å². The number of nitrogens with zero attached hydrogens (tertiary/aromatic N) is 2. The molecule has 0 fully saturated rings. The highest BCUT2D eigenvalue weighted by Gasteiger charge is 2.35. The maximum Gasteiger partial charge on any atom is 0.451 e. The fourth-order valence-corrected chi connectivity index (χ4v) is 1.61. The number of nitrogens with two attached hydrogens (primary N) is 1. The van der Waals surface area contributed by atoms with Crippen LogP contribution in [-0.2, 0) is 17.4 Å². The molecule has 1 amide bonds. The number of amides is 1. The van der Waals surface area contributed by atoms with E-state index in [0.717, 1.165) is 5.56 Å². The van der Waals surface area contributed by atoms with Gasteiger partial charge >= 0.3 is 6.18 Å². The van der Waals surface area contributed by atoms with Crippen molar-refractivity contribution in [3.63, 3.8) is 0 Å². The van der Waals surface area contributed by atoms with Crippen molar-refractivity contribution >= 4 is 24.3 Å². The van der Waals surface area contributed by atoms with Crippen molar-refractivity contribution < 1.29 is 18.0 Å². The Bertz CT molecular complexity index is 617. The van der Waals surface area contributed by atoms with E-state index in [4.69, 9.17) is 5.73 Å². The van der Waals surface area contributed by atoms with Gasteiger partial charge in [0.05, 0.1) is 6.04 Å². The summed E-state index contributed by atoms with van der Waals surface area (Å²) in [6.45, 7) is 0. The predicted molar refractivity (Wildman–Crippen MR) is 75.4 cm³/mol. The van der Waals surface area contributed by atoms with E-state index in [2.05, 4.69) is 15.4 Å². The molecule has 6 nitrogen and oxygen atoms in total. The summed E-state index contributed by atoms with van der Waals surface area (Å²) in [6, 6.07) is 8.08. The van der Waals surface area contributed by atoms with Crippen LogP contribution in [0, 0.1) is 0 Å². The van der Waals surface area contributed by atoms with E-state index in [1.54, 1.807) is 29.4 Å². The van der Waals surface area contributed by atoms with Crippen molar-refractivity contribution in [3.05, 3.63) is 41.7 Å². The Labute approximate surface area is 129 Å². The van der Waals surface area contributed by atoms with Crippen LogP contribution < -0.4 is 11.1 Å². The summed E-state index contributed by atoms with van der Waals surface area (Å²) in [7, 11) is 0. The van der Waals surface area contributed by atoms with Crippen molar-refractivity contribution in [1.29, 1.82) is 0 Å². The molecule has 0 spiro atoms. The Kier molecular flexibility index (Phi) is 5.89. The van der Waals surface area contributed by atoms with Crippen molar-refractivity contribution in [2.75, 3.05) is 5.32 Å². The van der Waals surface area contributed by atoms with Gasteiger partial charge in [0.25, 0.3) is 0 Å². The van der Waals surface area contributed by atoms with Crippen LogP contribution in [0.15, 0.2) is 30.3 Å². The SMILES string of the molecule is Cl.NC(Cc1ccccc1)C(=O)Nc1n[nH]c(C(F)(F)F)n1. The van der Waals surface area contributed by atoms with Gasteiger partial charge in [0.1, 0.15) is 0 Å². The third kappa shape index (κ3) is 4.71. The first-order chi connectivity index (χ1) is 9.86. The summed E-state index contributed by atoms with van der Waals surface area (Å²) in [5.74, 6) is -2.41.